The Morgan fingerprint density at radius 2 is 2.10 bits per heavy atom. The molecule has 2 rings (SSSR count). The smallest absolute Gasteiger partial charge is 0.303 e. The van der Waals surface area contributed by atoms with Gasteiger partial charge in [0.1, 0.15) is 0 Å². The number of hydrogen-bond acceptors (Lipinski definition) is 4. The van der Waals surface area contributed by atoms with E-state index >= 15 is 0 Å². The molecule has 0 aliphatic carbocycles. The minimum atomic E-state index is -0.708. The lowest BCUT2D eigenvalue weighted by Gasteiger charge is -2.25. The first-order valence-corrected chi connectivity index (χ1v) is 7.23. The maximum absolute atomic E-state index is 10.8. The molecule has 0 radical (unpaired) electrons. The third kappa shape index (κ3) is 3.67. The van der Waals surface area contributed by atoms with Gasteiger partial charge < -0.3 is 14.6 Å². The fraction of sp³-hybridized carbons (Fsp3) is 0.562. The van der Waals surface area contributed by atoms with Crippen LogP contribution in [0.3, 0.4) is 0 Å². The molecule has 1 saturated heterocycles. The number of carboxylic acids is 1. The molecule has 5 heteroatoms. The molecule has 0 saturated carbocycles. The SMILES string of the molecule is COc1ccc(C(C)N2CCC(CC(=O)O)C2)cc1OC. The van der Waals surface area contributed by atoms with Gasteiger partial charge in [-0.3, -0.25) is 9.69 Å². The Labute approximate surface area is 125 Å². The second-order valence-corrected chi connectivity index (χ2v) is 5.54. The molecule has 1 N–H and O–H groups in total. The summed E-state index contributed by atoms with van der Waals surface area (Å²) >= 11 is 0. The zero-order valence-corrected chi connectivity index (χ0v) is 12.8. The van der Waals surface area contributed by atoms with Crippen LogP contribution in [0.2, 0.25) is 0 Å². The molecule has 1 heterocycles. The Morgan fingerprint density at radius 3 is 2.71 bits per heavy atom. The number of ether oxygens (including phenoxy) is 2. The lowest BCUT2D eigenvalue weighted by atomic mass is 10.0. The monoisotopic (exact) mass is 293 g/mol. The van der Waals surface area contributed by atoms with Gasteiger partial charge in [0.15, 0.2) is 11.5 Å². The highest BCUT2D eigenvalue weighted by atomic mass is 16.5. The average molecular weight is 293 g/mol. The molecule has 0 aromatic heterocycles. The highest BCUT2D eigenvalue weighted by Gasteiger charge is 2.28. The van der Waals surface area contributed by atoms with Gasteiger partial charge in [-0.15, -0.1) is 0 Å². The van der Waals surface area contributed by atoms with Crippen LogP contribution in [0.5, 0.6) is 11.5 Å². The van der Waals surface area contributed by atoms with Crippen LogP contribution in [0.15, 0.2) is 18.2 Å². The van der Waals surface area contributed by atoms with Crippen molar-refractivity contribution in [1.29, 1.82) is 0 Å². The largest absolute Gasteiger partial charge is 0.493 e. The summed E-state index contributed by atoms with van der Waals surface area (Å²) in [6.07, 6.45) is 1.21. The van der Waals surface area contributed by atoms with Crippen molar-refractivity contribution in [3.05, 3.63) is 23.8 Å². The van der Waals surface area contributed by atoms with E-state index < -0.39 is 5.97 Å². The summed E-state index contributed by atoms with van der Waals surface area (Å²) in [7, 11) is 3.25. The molecule has 1 aromatic rings. The second kappa shape index (κ2) is 6.80. The quantitative estimate of drug-likeness (QED) is 0.873. The van der Waals surface area contributed by atoms with Crippen LogP contribution < -0.4 is 9.47 Å². The van der Waals surface area contributed by atoms with Crippen LogP contribution in [-0.4, -0.2) is 43.3 Å². The van der Waals surface area contributed by atoms with Crippen molar-refractivity contribution in [2.45, 2.75) is 25.8 Å². The van der Waals surface area contributed by atoms with Crippen molar-refractivity contribution in [3.63, 3.8) is 0 Å². The van der Waals surface area contributed by atoms with E-state index in [2.05, 4.69) is 11.8 Å². The summed E-state index contributed by atoms with van der Waals surface area (Å²) in [6, 6.07) is 6.18. The highest BCUT2D eigenvalue weighted by molar-refractivity contribution is 5.67. The van der Waals surface area contributed by atoms with Crippen LogP contribution in [0.25, 0.3) is 0 Å². The van der Waals surface area contributed by atoms with Crippen molar-refractivity contribution in [3.8, 4) is 11.5 Å². The zero-order chi connectivity index (χ0) is 15.4. The summed E-state index contributed by atoms with van der Waals surface area (Å²) in [4.78, 5) is 13.1. The van der Waals surface area contributed by atoms with Gasteiger partial charge in [-0.2, -0.15) is 0 Å². The van der Waals surface area contributed by atoms with Crippen LogP contribution in [0, 0.1) is 5.92 Å². The normalized spacial score (nSPS) is 20.2. The number of methoxy groups -OCH3 is 2. The number of carboxylic acid groups (broad SMARTS) is 1. The number of hydrogen-bond donors (Lipinski definition) is 1. The minimum absolute atomic E-state index is 0.239. The first kappa shape index (κ1) is 15.6. The van der Waals surface area contributed by atoms with Gasteiger partial charge in [-0.1, -0.05) is 6.07 Å². The fourth-order valence-electron chi connectivity index (χ4n) is 2.95. The minimum Gasteiger partial charge on any atom is -0.493 e. The standard InChI is InChI=1S/C16H23NO4/c1-11(17-7-6-12(10-17)8-16(18)19)13-4-5-14(20-2)15(9-13)21-3/h4-5,9,11-12H,6-8,10H2,1-3H3,(H,18,19). The zero-order valence-electron chi connectivity index (χ0n) is 12.8. The maximum Gasteiger partial charge on any atom is 0.303 e. The van der Waals surface area contributed by atoms with E-state index in [0.717, 1.165) is 36.6 Å². The predicted molar refractivity (Wildman–Crippen MR) is 79.9 cm³/mol. The Morgan fingerprint density at radius 1 is 1.38 bits per heavy atom. The fourth-order valence-corrected chi connectivity index (χ4v) is 2.95. The van der Waals surface area contributed by atoms with E-state index in [1.165, 1.54) is 0 Å². The summed E-state index contributed by atoms with van der Waals surface area (Å²) < 4.78 is 10.6. The van der Waals surface area contributed by atoms with E-state index in [4.69, 9.17) is 14.6 Å². The Bertz CT molecular complexity index is 503. The molecular formula is C16H23NO4. The van der Waals surface area contributed by atoms with Crippen molar-refractivity contribution < 1.29 is 19.4 Å². The van der Waals surface area contributed by atoms with Gasteiger partial charge in [-0.25, -0.2) is 0 Å². The predicted octanol–water partition coefficient (Wildman–Crippen LogP) is 2.56. The lowest BCUT2D eigenvalue weighted by Crippen LogP contribution is -2.25. The highest BCUT2D eigenvalue weighted by Crippen LogP contribution is 2.34. The topological polar surface area (TPSA) is 59.0 Å². The van der Waals surface area contributed by atoms with Crippen molar-refractivity contribution in [2.75, 3.05) is 27.3 Å². The summed E-state index contributed by atoms with van der Waals surface area (Å²) in [5.74, 6) is 0.993. The molecule has 116 valence electrons. The molecule has 2 atom stereocenters. The van der Waals surface area contributed by atoms with Gasteiger partial charge in [0.25, 0.3) is 0 Å². The van der Waals surface area contributed by atoms with Gasteiger partial charge in [0.05, 0.1) is 14.2 Å². The molecule has 1 aromatic carbocycles. The Kier molecular flexibility index (Phi) is 5.07. The number of nitrogens with zero attached hydrogens (tertiary/aromatic N) is 1. The Balaban J connectivity index is 2.06. The number of carbonyl (C=O) groups is 1. The second-order valence-electron chi connectivity index (χ2n) is 5.54. The van der Waals surface area contributed by atoms with Crippen LogP contribution in [-0.2, 0) is 4.79 Å². The van der Waals surface area contributed by atoms with E-state index in [0.29, 0.717) is 0 Å². The number of aliphatic carboxylic acids is 1. The van der Waals surface area contributed by atoms with Gasteiger partial charge >= 0.3 is 5.97 Å². The van der Waals surface area contributed by atoms with Crippen LogP contribution in [0.4, 0.5) is 0 Å². The molecule has 1 aliphatic heterocycles. The summed E-state index contributed by atoms with van der Waals surface area (Å²) in [5.41, 5.74) is 1.16. The molecule has 0 amide bonds. The van der Waals surface area contributed by atoms with E-state index in [-0.39, 0.29) is 18.4 Å². The van der Waals surface area contributed by atoms with E-state index in [1.807, 2.05) is 18.2 Å². The van der Waals surface area contributed by atoms with Crippen LogP contribution >= 0.6 is 0 Å². The first-order valence-electron chi connectivity index (χ1n) is 7.23. The summed E-state index contributed by atoms with van der Waals surface area (Å²) in [5, 5.41) is 8.89. The molecule has 21 heavy (non-hydrogen) atoms. The molecule has 1 aliphatic rings. The van der Waals surface area contributed by atoms with Crippen molar-refractivity contribution >= 4 is 5.97 Å². The van der Waals surface area contributed by atoms with E-state index in [9.17, 15) is 4.79 Å². The van der Waals surface area contributed by atoms with Gasteiger partial charge in [-0.05, 0) is 43.5 Å². The van der Waals surface area contributed by atoms with Gasteiger partial charge in [0.2, 0.25) is 0 Å². The molecule has 5 nitrogen and oxygen atoms in total. The van der Waals surface area contributed by atoms with Gasteiger partial charge in [0, 0.05) is 19.0 Å². The maximum atomic E-state index is 10.8. The van der Waals surface area contributed by atoms with Crippen LogP contribution in [0.1, 0.15) is 31.4 Å². The summed E-state index contributed by atoms with van der Waals surface area (Å²) in [6.45, 7) is 3.92. The lowest BCUT2D eigenvalue weighted by molar-refractivity contribution is -0.138. The number of likely N-dealkylation sites (tertiary alicyclic amines) is 1. The van der Waals surface area contributed by atoms with E-state index in [1.54, 1.807) is 14.2 Å². The third-order valence-corrected chi connectivity index (χ3v) is 4.22. The third-order valence-electron chi connectivity index (χ3n) is 4.22. The molecular weight excluding hydrogens is 270 g/mol. The molecule has 1 fully saturated rings. The van der Waals surface area contributed by atoms with Crippen molar-refractivity contribution in [1.82, 2.24) is 4.90 Å². The average Bonchev–Trinajstić information content (AvgIpc) is 2.93. The van der Waals surface area contributed by atoms with Crippen molar-refractivity contribution in [2.24, 2.45) is 5.92 Å². The Hall–Kier alpha value is -1.75. The molecule has 0 bridgehead atoms. The number of rotatable bonds is 6. The first-order chi connectivity index (χ1) is 10.0. The number of benzene rings is 1. The molecule has 0 spiro atoms. The molecule has 2 unspecified atom stereocenters.